The van der Waals surface area contributed by atoms with E-state index in [1.807, 2.05) is 5.43 Å². The number of halogens is 4. The maximum Gasteiger partial charge on any atom is 0.434 e. The topological polar surface area (TPSA) is 128 Å². The second-order valence-corrected chi connectivity index (χ2v) is 7.09. The minimum atomic E-state index is -4.92. The van der Waals surface area contributed by atoms with E-state index in [1.54, 1.807) is 24.3 Å². The lowest BCUT2D eigenvalue weighted by Gasteiger charge is -2.14. The van der Waals surface area contributed by atoms with Crippen molar-refractivity contribution in [2.45, 2.75) is 6.18 Å². The van der Waals surface area contributed by atoms with Gasteiger partial charge in [-0.1, -0.05) is 35.9 Å². The summed E-state index contributed by atoms with van der Waals surface area (Å²) in [6, 6.07) is 7.87. The van der Waals surface area contributed by atoms with Gasteiger partial charge in [-0.05, 0) is 6.07 Å². The maximum atomic E-state index is 14.0. The monoisotopic (exact) mass is 475 g/mol. The fraction of sp³-hybridized carbons (Fsp3) is 0.0500. The number of hydrazine groups is 1. The van der Waals surface area contributed by atoms with Gasteiger partial charge >= 0.3 is 6.18 Å². The molecule has 1 aromatic carbocycles. The van der Waals surface area contributed by atoms with Crippen LogP contribution in [-0.2, 0) is 6.18 Å². The number of aromatic nitrogens is 4. The van der Waals surface area contributed by atoms with E-state index in [9.17, 15) is 22.8 Å². The molecule has 4 N–H and O–H groups in total. The number of nitrogens with zero attached hydrogens (tertiary/aromatic N) is 4. The Kier molecular flexibility index (Phi) is 5.70. The molecule has 0 aliphatic heterocycles. The highest BCUT2D eigenvalue weighted by molar-refractivity contribution is 6.33. The van der Waals surface area contributed by atoms with Crippen LogP contribution in [0, 0.1) is 0 Å². The highest BCUT2D eigenvalue weighted by Crippen LogP contribution is 2.35. The largest absolute Gasteiger partial charge is 0.434 e. The zero-order valence-corrected chi connectivity index (χ0v) is 17.1. The number of rotatable bonds is 4. The van der Waals surface area contributed by atoms with Crippen LogP contribution in [0.2, 0.25) is 5.02 Å². The molecule has 0 bridgehead atoms. The van der Waals surface area contributed by atoms with Gasteiger partial charge in [0.2, 0.25) is 0 Å². The summed E-state index contributed by atoms with van der Waals surface area (Å²) in [4.78, 5) is 32.0. The molecule has 3 heterocycles. The maximum absolute atomic E-state index is 14.0. The number of hydrogen-bond acceptors (Lipinski definition) is 6. The van der Waals surface area contributed by atoms with Gasteiger partial charge in [-0.2, -0.15) is 18.3 Å². The quantitative estimate of drug-likeness (QED) is 0.236. The number of anilines is 1. The number of alkyl halides is 3. The van der Waals surface area contributed by atoms with E-state index < -0.39 is 29.2 Å². The summed E-state index contributed by atoms with van der Waals surface area (Å²) in [6.07, 6.45) is -0.309. The van der Waals surface area contributed by atoms with Gasteiger partial charge in [0.25, 0.3) is 11.8 Å². The van der Waals surface area contributed by atoms with E-state index in [0.717, 1.165) is 18.5 Å². The molecule has 0 saturated carbocycles. The molecule has 4 aromatic rings. The number of amides is 2. The van der Waals surface area contributed by atoms with Crippen molar-refractivity contribution in [2.24, 2.45) is 5.84 Å². The zero-order chi connectivity index (χ0) is 23.8. The number of nitrogen functional groups attached to an aromatic ring is 1. The molecule has 2 amide bonds. The van der Waals surface area contributed by atoms with E-state index in [2.05, 4.69) is 20.4 Å². The van der Waals surface area contributed by atoms with Crippen molar-refractivity contribution in [3.8, 4) is 5.69 Å². The van der Waals surface area contributed by atoms with Gasteiger partial charge in [0.05, 0.1) is 40.6 Å². The number of hydrogen-bond donors (Lipinski definition) is 3. The van der Waals surface area contributed by atoms with Gasteiger partial charge in [-0.25, -0.2) is 15.5 Å². The fourth-order valence-corrected chi connectivity index (χ4v) is 3.43. The van der Waals surface area contributed by atoms with Crippen molar-refractivity contribution in [3.63, 3.8) is 0 Å². The van der Waals surface area contributed by atoms with Crippen molar-refractivity contribution in [1.29, 1.82) is 0 Å². The Morgan fingerprint density at radius 1 is 1.06 bits per heavy atom. The van der Waals surface area contributed by atoms with Crippen LogP contribution in [0.3, 0.4) is 0 Å². The molecule has 0 atom stereocenters. The molecular weight excluding hydrogens is 463 g/mol. The standard InChI is InChI=1S/C20H13ClF3N7O2/c21-14-5-11(7-27-16(14)19(33)30-25)29-18(32)13-8-28-31(17(13)20(22,23)24)15-9-26-6-10-3-1-2-4-12(10)15/h1-9H,25H2,(H,29,32)(H,30,33). The van der Waals surface area contributed by atoms with E-state index in [1.165, 1.54) is 12.4 Å². The molecule has 33 heavy (non-hydrogen) atoms. The van der Waals surface area contributed by atoms with Crippen LogP contribution in [0.4, 0.5) is 18.9 Å². The number of carbonyl (C=O) groups excluding carboxylic acids is 2. The predicted octanol–water partition coefficient (Wildman–Crippen LogP) is 3.34. The van der Waals surface area contributed by atoms with Gasteiger partial charge in [0, 0.05) is 17.0 Å². The van der Waals surface area contributed by atoms with Crippen molar-refractivity contribution < 1.29 is 22.8 Å². The lowest BCUT2D eigenvalue weighted by molar-refractivity contribution is -0.143. The van der Waals surface area contributed by atoms with Gasteiger partial charge < -0.3 is 5.32 Å². The number of nitrogens with two attached hydrogens (primary N) is 1. The molecule has 0 fully saturated rings. The van der Waals surface area contributed by atoms with E-state index >= 15 is 0 Å². The number of nitrogens with one attached hydrogen (secondary N) is 2. The van der Waals surface area contributed by atoms with Crippen LogP contribution >= 0.6 is 11.6 Å². The van der Waals surface area contributed by atoms with Crippen LogP contribution in [0.15, 0.2) is 55.1 Å². The van der Waals surface area contributed by atoms with E-state index in [4.69, 9.17) is 17.4 Å². The van der Waals surface area contributed by atoms with Crippen LogP contribution in [-0.4, -0.2) is 31.6 Å². The summed E-state index contributed by atoms with van der Waals surface area (Å²) >= 11 is 5.94. The molecule has 0 saturated heterocycles. The van der Waals surface area contributed by atoms with Gasteiger partial charge in [-0.15, -0.1) is 0 Å². The normalized spacial score (nSPS) is 11.4. The van der Waals surface area contributed by atoms with Crippen molar-refractivity contribution in [1.82, 2.24) is 25.2 Å². The van der Waals surface area contributed by atoms with Crippen molar-refractivity contribution in [3.05, 3.63) is 77.1 Å². The second-order valence-electron chi connectivity index (χ2n) is 6.68. The van der Waals surface area contributed by atoms with Crippen LogP contribution in [0.1, 0.15) is 26.5 Å². The average Bonchev–Trinajstić information content (AvgIpc) is 3.24. The first kappa shape index (κ1) is 22.2. The number of pyridine rings is 2. The molecule has 0 aliphatic carbocycles. The third-order valence-electron chi connectivity index (χ3n) is 4.60. The molecule has 168 valence electrons. The summed E-state index contributed by atoms with van der Waals surface area (Å²) in [5.41, 5.74) is -0.356. The smallest absolute Gasteiger partial charge is 0.320 e. The molecule has 0 radical (unpaired) electrons. The SMILES string of the molecule is NNC(=O)c1ncc(NC(=O)c2cnn(-c3cncc4ccccc34)c2C(F)(F)F)cc1Cl. The Bertz CT molecular complexity index is 1380. The summed E-state index contributed by atoms with van der Waals surface area (Å²) < 4.78 is 42.7. The first-order valence-electron chi connectivity index (χ1n) is 9.17. The summed E-state index contributed by atoms with van der Waals surface area (Å²) in [5.74, 6) is 3.14. The Morgan fingerprint density at radius 2 is 1.82 bits per heavy atom. The van der Waals surface area contributed by atoms with Gasteiger partial charge in [-0.3, -0.25) is 20.0 Å². The minimum absolute atomic E-state index is 0.0359. The molecule has 9 nitrogen and oxygen atoms in total. The second kappa shape index (κ2) is 8.48. The number of fused-ring (bicyclic) bond motifs is 1. The third-order valence-corrected chi connectivity index (χ3v) is 4.89. The Balaban J connectivity index is 1.75. The van der Waals surface area contributed by atoms with Crippen molar-refractivity contribution in [2.75, 3.05) is 5.32 Å². The summed E-state index contributed by atoms with van der Waals surface area (Å²) in [5, 5.41) is 7.01. The minimum Gasteiger partial charge on any atom is -0.320 e. The highest BCUT2D eigenvalue weighted by atomic mass is 35.5. The number of benzene rings is 1. The predicted molar refractivity (Wildman–Crippen MR) is 113 cm³/mol. The summed E-state index contributed by atoms with van der Waals surface area (Å²) in [7, 11) is 0. The molecule has 4 rings (SSSR count). The molecule has 13 heteroatoms. The average molecular weight is 476 g/mol. The lowest BCUT2D eigenvalue weighted by atomic mass is 10.1. The first-order chi connectivity index (χ1) is 15.7. The van der Waals surface area contributed by atoms with Gasteiger partial charge in [0.15, 0.2) is 5.69 Å². The molecule has 0 unspecified atom stereocenters. The van der Waals surface area contributed by atoms with E-state index in [-0.39, 0.29) is 22.1 Å². The third kappa shape index (κ3) is 4.21. The highest BCUT2D eigenvalue weighted by Gasteiger charge is 2.41. The van der Waals surface area contributed by atoms with Crippen LogP contribution in [0.5, 0.6) is 0 Å². The molecule has 0 aliphatic rings. The zero-order valence-electron chi connectivity index (χ0n) is 16.4. The van der Waals surface area contributed by atoms with E-state index in [0.29, 0.717) is 15.5 Å². The Morgan fingerprint density at radius 3 is 2.52 bits per heavy atom. The fourth-order valence-electron chi connectivity index (χ4n) is 3.18. The number of carbonyl (C=O) groups is 2. The Hall–Kier alpha value is -4.03. The first-order valence-corrected chi connectivity index (χ1v) is 9.54. The van der Waals surface area contributed by atoms with Gasteiger partial charge in [0.1, 0.15) is 5.69 Å². The molecule has 3 aromatic heterocycles. The summed E-state index contributed by atoms with van der Waals surface area (Å²) in [6.45, 7) is 0. The Labute approximate surface area is 188 Å². The lowest BCUT2D eigenvalue weighted by Crippen LogP contribution is -2.31. The molecular formula is C20H13ClF3N7O2. The van der Waals surface area contributed by atoms with Crippen LogP contribution in [0.25, 0.3) is 16.5 Å². The molecule has 0 spiro atoms. The van der Waals surface area contributed by atoms with Crippen molar-refractivity contribution >= 4 is 39.9 Å². The van der Waals surface area contributed by atoms with Crippen LogP contribution < -0.4 is 16.6 Å².